The molecule has 5 nitrogen and oxygen atoms in total. The number of rotatable bonds is 5. The van der Waals surface area contributed by atoms with Crippen molar-refractivity contribution >= 4 is 5.91 Å². The van der Waals surface area contributed by atoms with E-state index in [9.17, 15) is 4.79 Å². The van der Waals surface area contributed by atoms with Crippen LogP contribution in [-0.4, -0.2) is 34.8 Å². The Bertz CT molecular complexity index is 682. The fourth-order valence-corrected chi connectivity index (χ4v) is 3.44. The molecular weight excluding hydrogens is 300 g/mol. The molecule has 0 saturated carbocycles. The van der Waals surface area contributed by atoms with Crippen molar-refractivity contribution in [3.8, 4) is 0 Å². The first-order valence-electron chi connectivity index (χ1n) is 8.61. The summed E-state index contributed by atoms with van der Waals surface area (Å²) < 4.78 is 1.79. The van der Waals surface area contributed by atoms with Gasteiger partial charge in [0.05, 0.1) is 12.1 Å². The normalized spacial score (nSPS) is 23.0. The summed E-state index contributed by atoms with van der Waals surface area (Å²) in [6, 6.07) is 10.4. The van der Waals surface area contributed by atoms with Gasteiger partial charge in [-0.1, -0.05) is 37.3 Å². The molecule has 1 aliphatic heterocycles. The summed E-state index contributed by atoms with van der Waals surface area (Å²) in [5.74, 6) is 0.558. The number of amides is 1. The van der Waals surface area contributed by atoms with Gasteiger partial charge < -0.3 is 10.6 Å². The van der Waals surface area contributed by atoms with Gasteiger partial charge in [-0.25, -0.2) is 0 Å². The van der Waals surface area contributed by atoms with Crippen molar-refractivity contribution in [2.45, 2.75) is 31.7 Å². The first-order chi connectivity index (χ1) is 11.6. The lowest BCUT2D eigenvalue weighted by Crippen LogP contribution is -2.41. The zero-order valence-electron chi connectivity index (χ0n) is 14.6. The van der Waals surface area contributed by atoms with E-state index in [1.165, 1.54) is 5.56 Å². The maximum atomic E-state index is 12.8. The van der Waals surface area contributed by atoms with E-state index in [-0.39, 0.29) is 29.7 Å². The average Bonchev–Trinajstić information content (AvgIpc) is 3.23. The second-order valence-electron chi connectivity index (χ2n) is 6.82. The number of hydrogen-bond acceptors (Lipinski definition) is 3. The molecule has 1 aromatic heterocycles. The molecule has 1 fully saturated rings. The van der Waals surface area contributed by atoms with E-state index in [0.717, 1.165) is 18.7 Å². The summed E-state index contributed by atoms with van der Waals surface area (Å²) in [4.78, 5) is 12.8. The molecule has 0 bridgehead atoms. The molecule has 2 unspecified atom stereocenters. The average molecular weight is 326 g/mol. The third-order valence-electron chi connectivity index (χ3n) is 5.15. The number of carbonyl (C=O) groups is 1. The highest BCUT2D eigenvalue weighted by atomic mass is 16.2. The van der Waals surface area contributed by atoms with Crippen LogP contribution in [0, 0.1) is 5.92 Å². The van der Waals surface area contributed by atoms with Crippen LogP contribution < -0.4 is 10.6 Å². The molecule has 0 radical (unpaired) electrons. The minimum Gasteiger partial charge on any atom is -0.353 e. The molecule has 2 aromatic rings. The largest absolute Gasteiger partial charge is 0.353 e. The number of hydrogen-bond donors (Lipinski definition) is 2. The van der Waals surface area contributed by atoms with Crippen LogP contribution in [0.2, 0.25) is 0 Å². The van der Waals surface area contributed by atoms with Gasteiger partial charge in [0.1, 0.15) is 0 Å². The number of aryl methyl sites for hydroxylation is 1. The van der Waals surface area contributed by atoms with Crippen LogP contribution >= 0.6 is 0 Å². The van der Waals surface area contributed by atoms with Crippen molar-refractivity contribution in [3.05, 3.63) is 53.9 Å². The van der Waals surface area contributed by atoms with Crippen molar-refractivity contribution < 1.29 is 4.79 Å². The highest BCUT2D eigenvalue weighted by Crippen LogP contribution is 2.28. The molecule has 1 aliphatic rings. The molecule has 1 aromatic carbocycles. The molecule has 2 N–H and O–H groups in total. The highest BCUT2D eigenvalue weighted by Gasteiger charge is 2.35. The van der Waals surface area contributed by atoms with Gasteiger partial charge in [-0.2, -0.15) is 5.10 Å². The predicted octanol–water partition coefficient (Wildman–Crippen LogP) is 2.03. The van der Waals surface area contributed by atoms with Crippen molar-refractivity contribution in [3.63, 3.8) is 0 Å². The summed E-state index contributed by atoms with van der Waals surface area (Å²) >= 11 is 0. The highest BCUT2D eigenvalue weighted by molar-refractivity contribution is 5.80. The third-order valence-corrected chi connectivity index (χ3v) is 5.15. The van der Waals surface area contributed by atoms with Gasteiger partial charge in [0.25, 0.3) is 0 Å². The smallest absolute Gasteiger partial charge is 0.225 e. The Morgan fingerprint density at radius 3 is 2.71 bits per heavy atom. The van der Waals surface area contributed by atoms with Crippen LogP contribution in [0.15, 0.2) is 42.7 Å². The Kier molecular flexibility index (Phi) is 5.00. The van der Waals surface area contributed by atoms with Crippen LogP contribution in [0.4, 0.5) is 0 Å². The van der Waals surface area contributed by atoms with Crippen LogP contribution in [0.3, 0.4) is 0 Å². The molecule has 3 rings (SSSR count). The maximum absolute atomic E-state index is 12.8. The van der Waals surface area contributed by atoms with Crippen molar-refractivity contribution in [1.29, 1.82) is 0 Å². The zero-order valence-corrected chi connectivity index (χ0v) is 14.6. The number of aromatic nitrogens is 2. The van der Waals surface area contributed by atoms with E-state index in [4.69, 9.17) is 0 Å². The second kappa shape index (κ2) is 7.18. The molecule has 1 saturated heterocycles. The van der Waals surface area contributed by atoms with Crippen molar-refractivity contribution in [2.75, 3.05) is 13.1 Å². The van der Waals surface area contributed by atoms with E-state index in [1.807, 2.05) is 37.6 Å². The molecule has 2 heterocycles. The molecule has 1 amide bonds. The first kappa shape index (κ1) is 16.7. The molecule has 0 spiro atoms. The minimum absolute atomic E-state index is 0.0420. The van der Waals surface area contributed by atoms with E-state index in [2.05, 4.69) is 41.7 Å². The minimum atomic E-state index is -0.0420. The Morgan fingerprint density at radius 1 is 1.29 bits per heavy atom. The SMILES string of the molecule is CC(NC(=O)[C@H]1CNC[C@@H]1c1cnn(C)c1)C(C)c1ccccc1. The van der Waals surface area contributed by atoms with E-state index in [0.29, 0.717) is 0 Å². The van der Waals surface area contributed by atoms with E-state index in [1.54, 1.807) is 4.68 Å². The van der Waals surface area contributed by atoms with Gasteiger partial charge >= 0.3 is 0 Å². The number of carbonyl (C=O) groups excluding carboxylic acids is 1. The standard InChI is InChI=1S/C19H26N4O/c1-13(15-7-5-4-6-8-15)14(2)22-19(24)18-11-20-10-17(18)16-9-21-23(3)12-16/h4-9,12-14,17-18,20H,10-11H2,1-3H3,(H,22,24)/t13?,14?,17-,18+/m1/s1. The molecule has 0 aliphatic carbocycles. The Hall–Kier alpha value is -2.14. The van der Waals surface area contributed by atoms with Gasteiger partial charge in [0, 0.05) is 44.2 Å². The summed E-state index contributed by atoms with van der Waals surface area (Å²) in [6.45, 7) is 5.78. The third kappa shape index (κ3) is 3.51. The fraction of sp³-hybridized carbons (Fsp3) is 0.474. The van der Waals surface area contributed by atoms with Crippen LogP contribution in [0.5, 0.6) is 0 Å². The van der Waals surface area contributed by atoms with Gasteiger partial charge in [-0.05, 0) is 18.1 Å². The number of nitrogens with zero attached hydrogens (tertiary/aromatic N) is 2. The van der Waals surface area contributed by atoms with Gasteiger partial charge in [-0.3, -0.25) is 9.48 Å². The van der Waals surface area contributed by atoms with Gasteiger partial charge in [-0.15, -0.1) is 0 Å². The monoisotopic (exact) mass is 326 g/mol. The van der Waals surface area contributed by atoms with Gasteiger partial charge in [0.15, 0.2) is 0 Å². The van der Waals surface area contributed by atoms with Crippen LogP contribution in [-0.2, 0) is 11.8 Å². The Balaban J connectivity index is 1.65. The molecule has 5 heteroatoms. The summed E-state index contributed by atoms with van der Waals surface area (Å²) in [6.07, 6.45) is 3.88. The zero-order chi connectivity index (χ0) is 17.1. The second-order valence-corrected chi connectivity index (χ2v) is 6.82. The predicted molar refractivity (Wildman–Crippen MR) is 94.8 cm³/mol. The van der Waals surface area contributed by atoms with E-state index < -0.39 is 0 Å². The van der Waals surface area contributed by atoms with Crippen LogP contribution in [0.1, 0.15) is 36.8 Å². The maximum Gasteiger partial charge on any atom is 0.225 e. The Labute approximate surface area is 143 Å². The summed E-state index contributed by atoms with van der Waals surface area (Å²) in [5.41, 5.74) is 2.38. The lowest BCUT2D eigenvalue weighted by molar-refractivity contribution is -0.125. The number of nitrogens with one attached hydrogen (secondary N) is 2. The van der Waals surface area contributed by atoms with Crippen LogP contribution in [0.25, 0.3) is 0 Å². The first-order valence-corrected chi connectivity index (χ1v) is 8.61. The van der Waals surface area contributed by atoms with Crippen molar-refractivity contribution in [1.82, 2.24) is 20.4 Å². The topological polar surface area (TPSA) is 59.0 Å². The summed E-state index contributed by atoms with van der Waals surface area (Å²) in [5, 5.41) is 10.8. The fourth-order valence-electron chi connectivity index (χ4n) is 3.44. The molecule has 128 valence electrons. The van der Waals surface area contributed by atoms with Crippen molar-refractivity contribution in [2.24, 2.45) is 13.0 Å². The quantitative estimate of drug-likeness (QED) is 0.884. The lowest BCUT2D eigenvalue weighted by atomic mass is 9.89. The molecule has 4 atom stereocenters. The molecule has 24 heavy (non-hydrogen) atoms. The number of benzene rings is 1. The Morgan fingerprint density at radius 2 is 2.04 bits per heavy atom. The summed E-state index contributed by atoms with van der Waals surface area (Å²) in [7, 11) is 1.91. The van der Waals surface area contributed by atoms with E-state index >= 15 is 0 Å². The lowest BCUT2D eigenvalue weighted by Gasteiger charge is -2.25. The van der Waals surface area contributed by atoms with Gasteiger partial charge in [0.2, 0.25) is 5.91 Å². The molecular formula is C19H26N4O.